The predicted octanol–water partition coefficient (Wildman–Crippen LogP) is 5.15. The molecule has 1 aliphatic carbocycles. The van der Waals surface area contributed by atoms with E-state index in [1.54, 1.807) is 6.07 Å². The lowest BCUT2D eigenvalue weighted by Gasteiger charge is -2.17. The van der Waals surface area contributed by atoms with Crippen LogP contribution in [0.1, 0.15) is 42.2 Å². The molecule has 35 heavy (non-hydrogen) atoms. The second-order valence-electron chi connectivity index (χ2n) is 8.18. The van der Waals surface area contributed by atoms with Gasteiger partial charge < -0.3 is 5.73 Å². The van der Waals surface area contributed by atoms with E-state index >= 15 is 0 Å². The van der Waals surface area contributed by atoms with Crippen molar-refractivity contribution in [3.05, 3.63) is 61.9 Å². The number of halogens is 3. The van der Waals surface area contributed by atoms with Crippen LogP contribution in [0, 0.1) is 11.3 Å². The highest BCUT2D eigenvalue weighted by atomic mass is 32.2. The van der Waals surface area contributed by atoms with Crippen LogP contribution < -0.4 is 11.3 Å². The molecule has 0 spiro atoms. The van der Waals surface area contributed by atoms with Crippen molar-refractivity contribution >= 4 is 39.1 Å². The highest BCUT2D eigenvalue weighted by molar-refractivity contribution is 7.99. The molecule has 4 rings (SSSR count). The topological polar surface area (TPSA) is 102 Å². The van der Waals surface area contributed by atoms with Crippen molar-refractivity contribution in [3.63, 3.8) is 0 Å². The van der Waals surface area contributed by atoms with Crippen molar-refractivity contribution in [2.45, 2.75) is 50.4 Å². The smallest absolute Gasteiger partial charge is 0.401 e. The summed E-state index contributed by atoms with van der Waals surface area (Å²) in [6.45, 7) is 1.42. The second-order valence-corrected chi connectivity index (χ2v) is 10.2. The first-order valence-electron chi connectivity index (χ1n) is 10.9. The summed E-state index contributed by atoms with van der Waals surface area (Å²) < 4.78 is 42.6. The van der Waals surface area contributed by atoms with Gasteiger partial charge in [0.15, 0.2) is 10.9 Å². The molecule has 1 aliphatic rings. The van der Waals surface area contributed by atoms with Crippen LogP contribution in [-0.2, 0) is 23.8 Å². The third-order valence-electron chi connectivity index (χ3n) is 5.78. The Labute approximate surface area is 207 Å². The van der Waals surface area contributed by atoms with E-state index in [0.717, 1.165) is 58.5 Å². The third kappa shape index (κ3) is 4.86. The molecule has 2 heterocycles. The van der Waals surface area contributed by atoms with Gasteiger partial charge >= 0.3 is 6.18 Å². The van der Waals surface area contributed by atoms with Gasteiger partial charge in [-0.25, -0.2) is 4.98 Å². The lowest BCUT2D eigenvalue weighted by atomic mass is 10.1. The summed E-state index contributed by atoms with van der Waals surface area (Å²) in [4.78, 5) is 32.4. The quantitative estimate of drug-likeness (QED) is 0.165. The predicted molar refractivity (Wildman–Crippen MR) is 130 cm³/mol. The summed E-state index contributed by atoms with van der Waals surface area (Å²) in [5, 5.41) is 9.51. The summed E-state index contributed by atoms with van der Waals surface area (Å²) >= 11 is 2.19. The fourth-order valence-electron chi connectivity index (χ4n) is 4.15. The molecule has 3 aromatic rings. The number of thioether (sulfide) groups is 1. The number of thiophene rings is 1. The molecule has 0 atom stereocenters. The fraction of sp³-hybridized carbons (Fsp3) is 0.333. The van der Waals surface area contributed by atoms with Crippen LogP contribution in [0.5, 0.6) is 0 Å². The number of fused-ring (bicyclic) bond motifs is 3. The number of carbonyl (C=O) groups is 1. The number of rotatable bonds is 5. The van der Waals surface area contributed by atoms with Crippen molar-refractivity contribution < 1.29 is 18.0 Å². The lowest BCUT2D eigenvalue weighted by molar-refractivity contribution is -0.137. The zero-order chi connectivity index (χ0) is 25.3. The van der Waals surface area contributed by atoms with Crippen LogP contribution in [0.15, 0.2) is 45.5 Å². The Kier molecular flexibility index (Phi) is 7.05. The van der Waals surface area contributed by atoms with E-state index in [1.165, 1.54) is 36.5 Å². The van der Waals surface area contributed by atoms with Gasteiger partial charge in [-0.05, 0) is 50.3 Å². The molecule has 11 heteroatoms. The minimum Gasteiger partial charge on any atom is -0.401 e. The van der Waals surface area contributed by atoms with Gasteiger partial charge in [-0.1, -0.05) is 30.3 Å². The Balaban J connectivity index is 1.94. The Morgan fingerprint density at radius 2 is 1.97 bits per heavy atom. The molecule has 1 aromatic carbocycles. The SMILES string of the molecule is C/C(N)=C(/C#N)C(=O)CSc1nc2sc3c(c2c(=O)n1-c1ccccc1C(F)(F)F)CCCCC3. The van der Waals surface area contributed by atoms with Gasteiger partial charge in [0.2, 0.25) is 0 Å². The Hall–Kier alpha value is -3.10. The van der Waals surface area contributed by atoms with Crippen molar-refractivity contribution in [2.75, 3.05) is 5.75 Å². The van der Waals surface area contributed by atoms with E-state index in [0.29, 0.717) is 16.6 Å². The van der Waals surface area contributed by atoms with Gasteiger partial charge in [0.25, 0.3) is 5.56 Å². The number of nitriles is 1. The number of aryl methyl sites for hydroxylation is 2. The number of carbonyl (C=O) groups excluding carboxylic acids is 1. The van der Waals surface area contributed by atoms with Crippen LogP contribution in [0.25, 0.3) is 15.9 Å². The summed E-state index contributed by atoms with van der Waals surface area (Å²) in [5.74, 6) is -0.904. The first-order valence-corrected chi connectivity index (χ1v) is 12.7. The molecule has 0 saturated carbocycles. The maximum absolute atomic E-state index is 13.9. The Morgan fingerprint density at radius 3 is 2.66 bits per heavy atom. The number of aromatic nitrogens is 2. The van der Waals surface area contributed by atoms with Crippen LogP contribution in [0.3, 0.4) is 0 Å². The molecule has 0 bridgehead atoms. The first-order chi connectivity index (χ1) is 16.6. The lowest BCUT2D eigenvalue weighted by Crippen LogP contribution is -2.25. The molecule has 0 fully saturated rings. The highest BCUT2D eigenvalue weighted by Gasteiger charge is 2.35. The van der Waals surface area contributed by atoms with Crippen LogP contribution in [-0.4, -0.2) is 21.1 Å². The number of allylic oxidation sites excluding steroid dienone is 2. The van der Waals surface area contributed by atoms with E-state index in [2.05, 4.69) is 4.98 Å². The molecular weight excluding hydrogens is 497 g/mol. The zero-order valence-electron chi connectivity index (χ0n) is 18.7. The number of nitrogens with two attached hydrogens (primary N) is 1. The van der Waals surface area contributed by atoms with Gasteiger partial charge in [-0.2, -0.15) is 18.4 Å². The molecule has 2 N–H and O–H groups in total. The van der Waals surface area contributed by atoms with Gasteiger partial charge in [-0.15, -0.1) is 11.3 Å². The van der Waals surface area contributed by atoms with E-state index < -0.39 is 23.1 Å². The number of alkyl halides is 3. The van der Waals surface area contributed by atoms with Crippen molar-refractivity contribution in [1.82, 2.24) is 9.55 Å². The molecule has 0 unspecified atom stereocenters. The van der Waals surface area contributed by atoms with Crippen LogP contribution in [0.4, 0.5) is 13.2 Å². The van der Waals surface area contributed by atoms with E-state index in [9.17, 15) is 28.0 Å². The normalized spacial score (nSPS) is 14.7. The van der Waals surface area contributed by atoms with Gasteiger partial charge in [0.05, 0.1) is 22.4 Å². The number of ketones is 1. The Bertz CT molecular complexity index is 1440. The molecule has 182 valence electrons. The summed E-state index contributed by atoms with van der Waals surface area (Å²) in [7, 11) is 0. The standard InChI is InChI=1S/C24H21F3N4O2S2/c1-13(29)15(11-28)18(32)12-34-23-30-21-20(14-7-3-2-4-10-19(14)35-21)22(33)31(23)17-9-6-5-8-16(17)24(25,26)27/h5-6,8-9H,2-4,7,10,12,29H2,1H3/b15-13+. The molecule has 0 aliphatic heterocycles. The van der Waals surface area contributed by atoms with Crippen LogP contribution in [0.2, 0.25) is 0 Å². The summed E-state index contributed by atoms with van der Waals surface area (Å²) in [6, 6.07) is 6.56. The third-order valence-corrected chi connectivity index (χ3v) is 7.90. The maximum Gasteiger partial charge on any atom is 0.418 e. The average Bonchev–Trinajstić information content (AvgIpc) is 2.98. The first kappa shape index (κ1) is 25.0. The summed E-state index contributed by atoms with van der Waals surface area (Å²) in [5.41, 5.74) is 4.36. The molecule has 6 nitrogen and oxygen atoms in total. The minimum absolute atomic E-state index is 0.0447. The monoisotopic (exact) mass is 518 g/mol. The van der Waals surface area contributed by atoms with Gasteiger partial charge in [0.1, 0.15) is 16.5 Å². The number of para-hydroxylation sites is 1. The number of nitrogens with zero attached hydrogens (tertiary/aromatic N) is 3. The average molecular weight is 519 g/mol. The number of hydrogen-bond donors (Lipinski definition) is 1. The molecule has 0 saturated heterocycles. The zero-order valence-corrected chi connectivity index (χ0v) is 20.4. The van der Waals surface area contributed by atoms with Gasteiger partial charge in [-0.3, -0.25) is 14.2 Å². The van der Waals surface area contributed by atoms with Crippen molar-refractivity contribution in [1.29, 1.82) is 5.26 Å². The van der Waals surface area contributed by atoms with Crippen LogP contribution >= 0.6 is 23.1 Å². The van der Waals surface area contributed by atoms with E-state index in [4.69, 9.17) is 5.73 Å². The fourth-order valence-corrected chi connectivity index (χ4v) is 6.33. The highest BCUT2D eigenvalue weighted by Crippen LogP contribution is 2.37. The van der Waals surface area contributed by atoms with Crippen molar-refractivity contribution in [3.8, 4) is 11.8 Å². The minimum atomic E-state index is -4.71. The molecular formula is C24H21F3N4O2S2. The number of hydrogen-bond acceptors (Lipinski definition) is 7. The number of benzene rings is 1. The largest absolute Gasteiger partial charge is 0.418 e. The van der Waals surface area contributed by atoms with E-state index in [-0.39, 0.29) is 27.9 Å². The molecule has 0 radical (unpaired) electrons. The maximum atomic E-state index is 13.9. The van der Waals surface area contributed by atoms with Gasteiger partial charge in [0, 0.05) is 10.6 Å². The second kappa shape index (κ2) is 9.87. The molecule has 0 amide bonds. The molecule has 2 aromatic heterocycles. The summed E-state index contributed by atoms with van der Waals surface area (Å²) in [6.07, 6.45) is -0.354. The number of Topliss-reactive ketones (excluding diaryl/α,β-unsaturated/α-hetero) is 1. The van der Waals surface area contributed by atoms with E-state index in [1.807, 2.05) is 0 Å². The Morgan fingerprint density at radius 1 is 1.26 bits per heavy atom. The van der Waals surface area contributed by atoms with Crippen molar-refractivity contribution in [2.24, 2.45) is 5.73 Å².